The number of anilines is 3. The molecule has 10 aromatic carbocycles. The molecule has 0 radical (unpaired) electrons. The van der Waals surface area contributed by atoms with E-state index in [2.05, 4.69) is 228 Å². The highest BCUT2D eigenvalue weighted by Crippen LogP contribution is 2.46. The summed E-state index contributed by atoms with van der Waals surface area (Å²) in [6.45, 7) is 0. The third kappa shape index (κ3) is 5.11. The molecule has 0 fully saturated rings. The van der Waals surface area contributed by atoms with Gasteiger partial charge in [0, 0.05) is 33.2 Å². The van der Waals surface area contributed by atoms with Crippen LogP contribution in [0.25, 0.3) is 82.1 Å². The van der Waals surface area contributed by atoms with E-state index in [0.29, 0.717) is 0 Å². The van der Waals surface area contributed by atoms with Crippen molar-refractivity contribution in [1.82, 2.24) is 4.57 Å². The van der Waals surface area contributed by atoms with Crippen LogP contribution in [0.1, 0.15) is 0 Å². The molecule has 262 valence electrons. The lowest BCUT2D eigenvalue weighted by atomic mass is 9.86. The molecule has 0 aliphatic rings. The minimum absolute atomic E-state index is 1.10. The summed E-state index contributed by atoms with van der Waals surface area (Å²) in [4.78, 5) is 2.38. The lowest BCUT2D eigenvalue weighted by Crippen LogP contribution is -2.11. The van der Waals surface area contributed by atoms with E-state index in [1.807, 2.05) is 0 Å². The molecule has 0 spiro atoms. The second-order valence-electron chi connectivity index (χ2n) is 14.5. The van der Waals surface area contributed by atoms with Crippen LogP contribution in [0.15, 0.2) is 218 Å². The van der Waals surface area contributed by atoms with Crippen LogP contribution >= 0.6 is 0 Å². The molecule has 56 heavy (non-hydrogen) atoms. The summed E-state index contributed by atoms with van der Waals surface area (Å²) >= 11 is 0. The Kier molecular flexibility index (Phi) is 7.53. The molecule has 0 unspecified atom stereocenters. The van der Waals surface area contributed by atoms with Crippen molar-refractivity contribution in [2.45, 2.75) is 0 Å². The second-order valence-corrected chi connectivity index (χ2v) is 14.5. The van der Waals surface area contributed by atoms with Crippen LogP contribution in [0.4, 0.5) is 17.1 Å². The lowest BCUT2D eigenvalue weighted by molar-refractivity contribution is 1.17. The number of rotatable bonds is 6. The lowest BCUT2D eigenvalue weighted by Gasteiger charge is -2.27. The number of aromatic nitrogens is 1. The molecule has 11 aromatic rings. The standard InChI is InChI=1S/C54H36N2/c1-3-18-38(19-4-1)53-45-27-9-11-29-47(45)54(48-30-12-10-28-46(48)53)39-33-34-52-49(35-39)44-26-13-14-31-51(44)56(52)42-24-16-23-41(36-42)55(40-21-5-2-6-22-40)50-32-15-20-37-17-7-8-25-43(37)50/h1-36H. The van der Waals surface area contributed by atoms with Gasteiger partial charge in [0.15, 0.2) is 0 Å². The molecular formula is C54H36N2. The number of hydrogen-bond donors (Lipinski definition) is 0. The van der Waals surface area contributed by atoms with Crippen LogP contribution in [0.5, 0.6) is 0 Å². The van der Waals surface area contributed by atoms with Crippen molar-refractivity contribution in [1.29, 1.82) is 0 Å². The fourth-order valence-electron chi connectivity index (χ4n) is 8.94. The minimum atomic E-state index is 1.10. The van der Waals surface area contributed by atoms with E-state index in [0.717, 1.165) is 22.7 Å². The zero-order chi connectivity index (χ0) is 37.0. The van der Waals surface area contributed by atoms with E-state index in [1.54, 1.807) is 0 Å². The maximum absolute atomic E-state index is 2.43. The van der Waals surface area contributed by atoms with Crippen LogP contribution in [0.3, 0.4) is 0 Å². The number of para-hydroxylation sites is 2. The number of hydrogen-bond acceptors (Lipinski definition) is 1. The van der Waals surface area contributed by atoms with Gasteiger partial charge in [-0.05, 0) is 104 Å². The number of benzene rings is 10. The number of nitrogens with zero attached hydrogens (tertiary/aromatic N) is 2. The van der Waals surface area contributed by atoms with Gasteiger partial charge in [-0.25, -0.2) is 0 Å². The number of fused-ring (bicyclic) bond motifs is 6. The average molecular weight is 713 g/mol. The van der Waals surface area contributed by atoms with Crippen LogP contribution in [-0.4, -0.2) is 4.57 Å². The van der Waals surface area contributed by atoms with Gasteiger partial charge < -0.3 is 9.47 Å². The Hall–Kier alpha value is -7.42. The van der Waals surface area contributed by atoms with E-state index in [9.17, 15) is 0 Å². The van der Waals surface area contributed by atoms with Gasteiger partial charge in [0.05, 0.1) is 16.7 Å². The predicted molar refractivity (Wildman–Crippen MR) is 239 cm³/mol. The van der Waals surface area contributed by atoms with Crippen molar-refractivity contribution in [2.24, 2.45) is 0 Å². The van der Waals surface area contributed by atoms with Gasteiger partial charge >= 0.3 is 0 Å². The molecule has 0 aliphatic carbocycles. The normalized spacial score (nSPS) is 11.6. The summed E-state index contributed by atoms with van der Waals surface area (Å²) < 4.78 is 2.43. The third-order valence-corrected chi connectivity index (χ3v) is 11.3. The smallest absolute Gasteiger partial charge is 0.0541 e. The summed E-state index contributed by atoms with van der Waals surface area (Å²) in [5.74, 6) is 0. The summed E-state index contributed by atoms with van der Waals surface area (Å²) in [7, 11) is 0. The summed E-state index contributed by atoms with van der Waals surface area (Å²) in [5, 5.41) is 9.95. The van der Waals surface area contributed by atoms with Crippen molar-refractivity contribution in [3.05, 3.63) is 218 Å². The molecule has 0 saturated heterocycles. The van der Waals surface area contributed by atoms with Crippen LogP contribution in [0.2, 0.25) is 0 Å². The van der Waals surface area contributed by atoms with Crippen LogP contribution < -0.4 is 4.90 Å². The fraction of sp³-hybridized carbons (Fsp3) is 0. The molecule has 2 heteroatoms. The molecule has 0 aliphatic heterocycles. The van der Waals surface area contributed by atoms with E-state index in [4.69, 9.17) is 0 Å². The quantitative estimate of drug-likeness (QED) is 0.156. The van der Waals surface area contributed by atoms with Gasteiger partial charge in [0.2, 0.25) is 0 Å². The highest BCUT2D eigenvalue weighted by Gasteiger charge is 2.20. The molecule has 0 amide bonds. The van der Waals surface area contributed by atoms with Crippen molar-refractivity contribution >= 4 is 71.2 Å². The molecule has 0 N–H and O–H groups in total. The van der Waals surface area contributed by atoms with Gasteiger partial charge in [-0.2, -0.15) is 0 Å². The monoisotopic (exact) mass is 712 g/mol. The first-order chi connectivity index (χ1) is 27.8. The minimum Gasteiger partial charge on any atom is -0.310 e. The first-order valence-corrected chi connectivity index (χ1v) is 19.3. The predicted octanol–water partition coefficient (Wildman–Crippen LogP) is 15.0. The van der Waals surface area contributed by atoms with E-state index < -0.39 is 0 Å². The van der Waals surface area contributed by atoms with Gasteiger partial charge in [0.25, 0.3) is 0 Å². The Bertz CT molecular complexity index is 3190. The molecule has 0 saturated carbocycles. The maximum Gasteiger partial charge on any atom is 0.0541 e. The van der Waals surface area contributed by atoms with Gasteiger partial charge in [-0.15, -0.1) is 0 Å². The molecule has 1 heterocycles. The molecular weight excluding hydrogens is 677 g/mol. The molecule has 2 nitrogen and oxygen atoms in total. The van der Waals surface area contributed by atoms with E-state index >= 15 is 0 Å². The molecule has 0 atom stereocenters. The Balaban J connectivity index is 1.13. The van der Waals surface area contributed by atoms with Gasteiger partial charge in [-0.3, -0.25) is 0 Å². The molecule has 1 aromatic heterocycles. The van der Waals surface area contributed by atoms with Crippen LogP contribution in [0, 0.1) is 0 Å². The summed E-state index contributed by atoms with van der Waals surface area (Å²) in [5.41, 5.74) is 11.8. The zero-order valence-electron chi connectivity index (χ0n) is 30.7. The first-order valence-electron chi connectivity index (χ1n) is 19.3. The van der Waals surface area contributed by atoms with Crippen molar-refractivity contribution in [3.63, 3.8) is 0 Å². The second kappa shape index (κ2) is 13.2. The highest BCUT2D eigenvalue weighted by atomic mass is 15.1. The van der Waals surface area contributed by atoms with E-state index in [1.165, 1.54) is 76.4 Å². The maximum atomic E-state index is 2.43. The third-order valence-electron chi connectivity index (χ3n) is 11.3. The fourth-order valence-corrected chi connectivity index (χ4v) is 8.94. The van der Waals surface area contributed by atoms with Crippen molar-refractivity contribution in [3.8, 4) is 27.9 Å². The summed E-state index contributed by atoms with van der Waals surface area (Å²) in [6.07, 6.45) is 0. The zero-order valence-corrected chi connectivity index (χ0v) is 30.7. The van der Waals surface area contributed by atoms with Crippen molar-refractivity contribution in [2.75, 3.05) is 4.90 Å². The topological polar surface area (TPSA) is 8.17 Å². The van der Waals surface area contributed by atoms with Crippen LogP contribution in [-0.2, 0) is 0 Å². The van der Waals surface area contributed by atoms with Crippen molar-refractivity contribution < 1.29 is 0 Å². The van der Waals surface area contributed by atoms with E-state index in [-0.39, 0.29) is 0 Å². The van der Waals surface area contributed by atoms with Gasteiger partial charge in [-0.1, -0.05) is 164 Å². The Morgan fingerprint density at radius 2 is 0.821 bits per heavy atom. The molecule has 0 bridgehead atoms. The SMILES string of the molecule is c1ccc(-c2c3ccccc3c(-c3ccc4c(c3)c3ccccc3n4-c3cccc(N(c4ccccc4)c4cccc5ccccc45)c3)c3ccccc23)cc1. The van der Waals surface area contributed by atoms with Gasteiger partial charge in [0.1, 0.15) is 0 Å². The Morgan fingerprint density at radius 3 is 1.54 bits per heavy atom. The Morgan fingerprint density at radius 1 is 0.304 bits per heavy atom. The molecule has 11 rings (SSSR count). The average Bonchev–Trinajstić information content (AvgIpc) is 3.60. The largest absolute Gasteiger partial charge is 0.310 e. The highest BCUT2D eigenvalue weighted by molar-refractivity contribution is 6.22. The summed E-state index contributed by atoms with van der Waals surface area (Å²) in [6, 6.07) is 79.4. The first kappa shape index (κ1) is 32.0. The Labute approximate surface area is 325 Å².